The van der Waals surface area contributed by atoms with E-state index in [0.29, 0.717) is 18.3 Å². The molecule has 2 heterocycles. The van der Waals surface area contributed by atoms with Crippen LogP contribution in [0.15, 0.2) is 17.1 Å². The van der Waals surface area contributed by atoms with E-state index in [2.05, 4.69) is 19.1 Å². The summed E-state index contributed by atoms with van der Waals surface area (Å²) in [5.41, 5.74) is 5.53. The molecule has 1 unspecified atom stereocenters. The van der Waals surface area contributed by atoms with E-state index in [0.717, 1.165) is 12.8 Å². The molecular formula is C13H17N3OS. The van der Waals surface area contributed by atoms with Crippen LogP contribution in [0.5, 0.6) is 0 Å². The molecule has 2 N–H and O–H groups in total. The fourth-order valence-electron chi connectivity index (χ4n) is 2.60. The van der Waals surface area contributed by atoms with E-state index in [1.54, 1.807) is 18.4 Å². The van der Waals surface area contributed by atoms with Crippen LogP contribution in [0, 0.1) is 12.8 Å². The highest BCUT2D eigenvalue weighted by molar-refractivity contribution is 7.12. The Hall–Kier alpha value is -1.36. The lowest BCUT2D eigenvalue weighted by Crippen LogP contribution is -2.49. The van der Waals surface area contributed by atoms with Gasteiger partial charge in [0.25, 0.3) is 0 Å². The number of carbonyl (C=O) groups excluding carboxylic acids is 1. The molecule has 5 heteroatoms. The number of nitrogens with two attached hydrogens (primary N) is 1. The third-order valence-electron chi connectivity index (χ3n) is 3.87. The Morgan fingerprint density at radius 1 is 1.50 bits per heavy atom. The zero-order valence-electron chi connectivity index (χ0n) is 10.6. The van der Waals surface area contributed by atoms with Crippen molar-refractivity contribution in [1.29, 1.82) is 0 Å². The first-order valence-electron chi connectivity index (χ1n) is 6.22. The third-order valence-corrected chi connectivity index (χ3v) is 5.04. The van der Waals surface area contributed by atoms with E-state index in [1.165, 1.54) is 14.7 Å². The van der Waals surface area contributed by atoms with Gasteiger partial charge in [-0.2, -0.15) is 0 Å². The lowest BCUT2D eigenvalue weighted by molar-refractivity contribution is -0.128. The number of hydrogen-bond acceptors (Lipinski definition) is 4. The quantitative estimate of drug-likeness (QED) is 0.885. The van der Waals surface area contributed by atoms with Crippen LogP contribution in [0.2, 0.25) is 0 Å². The van der Waals surface area contributed by atoms with Gasteiger partial charge in [0.05, 0.1) is 6.42 Å². The van der Waals surface area contributed by atoms with Gasteiger partial charge >= 0.3 is 0 Å². The van der Waals surface area contributed by atoms with Gasteiger partial charge in [-0.1, -0.05) is 0 Å². The molecule has 4 nitrogen and oxygen atoms in total. The average molecular weight is 263 g/mol. The van der Waals surface area contributed by atoms with Gasteiger partial charge in [-0.3, -0.25) is 9.69 Å². The average Bonchev–Trinajstić information content (AvgIpc) is 3.09. The summed E-state index contributed by atoms with van der Waals surface area (Å²) < 4.78 is 0. The summed E-state index contributed by atoms with van der Waals surface area (Å²) in [5, 5.41) is 0. The van der Waals surface area contributed by atoms with Gasteiger partial charge in [-0.25, -0.2) is 4.99 Å². The van der Waals surface area contributed by atoms with Crippen LogP contribution in [0.25, 0.3) is 0 Å². The number of thiophene rings is 1. The van der Waals surface area contributed by atoms with E-state index < -0.39 is 0 Å². The molecule has 0 aromatic carbocycles. The minimum atomic E-state index is -0.382. The van der Waals surface area contributed by atoms with Crippen molar-refractivity contribution >= 4 is 23.2 Å². The van der Waals surface area contributed by atoms with Gasteiger partial charge < -0.3 is 5.73 Å². The second-order valence-electron chi connectivity index (χ2n) is 5.21. The van der Waals surface area contributed by atoms with Crippen LogP contribution >= 0.6 is 11.3 Å². The molecule has 3 rings (SSSR count). The summed E-state index contributed by atoms with van der Waals surface area (Å²) in [6, 6.07) is 4.20. The van der Waals surface area contributed by atoms with E-state index in [4.69, 9.17) is 10.7 Å². The Morgan fingerprint density at radius 2 is 2.22 bits per heavy atom. The molecule has 0 saturated heterocycles. The minimum Gasteiger partial charge on any atom is -0.369 e. The van der Waals surface area contributed by atoms with E-state index >= 15 is 0 Å². The lowest BCUT2D eigenvalue weighted by atomic mass is 9.86. The van der Waals surface area contributed by atoms with Crippen LogP contribution in [0.4, 0.5) is 0 Å². The molecule has 1 atom stereocenters. The highest BCUT2D eigenvalue weighted by Gasteiger charge is 2.51. The highest BCUT2D eigenvalue weighted by Crippen LogP contribution is 2.53. The molecule has 0 spiro atoms. The van der Waals surface area contributed by atoms with Gasteiger partial charge in [-0.15, -0.1) is 11.3 Å². The maximum absolute atomic E-state index is 12.1. The number of guanidine groups is 1. The topological polar surface area (TPSA) is 58.7 Å². The van der Waals surface area contributed by atoms with Crippen LogP contribution in [0.3, 0.4) is 0 Å². The largest absolute Gasteiger partial charge is 0.369 e. The number of amides is 1. The van der Waals surface area contributed by atoms with Crippen molar-refractivity contribution in [2.24, 2.45) is 16.6 Å². The Balaban J connectivity index is 2.10. The van der Waals surface area contributed by atoms with Crippen molar-refractivity contribution in [1.82, 2.24) is 4.90 Å². The van der Waals surface area contributed by atoms with Gasteiger partial charge in [0.1, 0.15) is 5.54 Å². The molecule has 2 aliphatic rings. The summed E-state index contributed by atoms with van der Waals surface area (Å²) in [5.74, 6) is 0.899. The van der Waals surface area contributed by atoms with Gasteiger partial charge in [0.2, 0.25) is 5.91 Å². The van der Waals surface area contributed by atoms with Gasteiger partial charge in [-0.05, 0) is 37.8 Å². The first-order chi connectivity index (χ1) is 8.53. The number of nitrogens with zero attached hydrogens (tertiary/aromatic N) is 2. The molecule has 1 aromatic heterocycles. The molecule has 1 amide bonds. The summed E-state index contributed by atoms with van der Waals surface area (Å²) in [4.78, 5) is 20.7. The third kappa shape index (κ3) is 1.65. The van der Waals surface area contributed by atoms with Crippen LogP contribution in [0.1, 0.15) is 29.0 Å². The Kier molecular flexibility index (Phi) is 2.48. The van der Waals surface area contributed by atoms with Gasteiger partial charge in [0, 0.05) is 16.8 Å². The summed E-state index contributed by atoms with van der Waals surface area (Å²) >= 11 is 1.73. The van der Waals surface area contributed by atoms with Crippen molar-refractivity contribution in [3.63, 3.8) is 0 Å². The smallest absolute Gasteiger partial charge is 0.231 e. The fourth-order valence-corrected chi connectivity index (χ4v) is 3.68. The maximum atomic E-state index is 12.1. The maximum Gasteiger partial charge on any atom is 0.231 e. The summed E-state index contributed by atoms with van der Waals surface area (Å²) in [7, 11) is 1.69. The normalized spacial score (nSPS) is 28.4. The summed E-state index contributed by atoms with van der Waals surface area (Å²) in [6.07, 6.45) is 2.74. The SMILES string of the molecule is Cc1ccc(C2(C3CC3)CC(=O)N(C)C(N)=N2)s1. The Labute approximate surface area is 111 Å². The number of aryl methyl sites for hydroxylation is 1. The number of carbonyl (C=O) groups is 1. The monoisotopic (exact) mass is 263 g/mol. The Morgan fingerprint density at radius 3 is 2.72 bits per heavy atom. The molecule has 0 radical (unpaired) electrons. The predicted molar refractivity (Wildman–Crippen MR) is 72.5 cm³/mol. The van der Waals surface area contributed by atoms with Crippen molar-refractivity contribution in [3.05, 3.63) is 21.9 Å². The predicted octanol–water partition coefficient (Wildman–Crippen LogP) is 1.84. The molecule has 1 saturated carbocycles. The molecule has 1 aliphatic heterocycles. The second kappa shape index (κ2) is 3.82. The van der Waals surface area contributed by atoms with Crippen LogP contribution < -0.4 is 5.73 Å². The van der Waals surface area contributed by atoms with E-state index in [1.807, 2.05) is 0 Å². The van der Waals surface area contributed by atoms with Crippen molar-refractivity contribution in [2.75, 3.05) is 7.05 Å². The van der Waals surface area contributed by atoms with Crippen molar-refractivity contribution in [2.45, 2.75) is 31.7 Å². The second-order valence-corrected chi connectivity index (χ2v) is 6.50. The number of rotatable bonds is 2. The summed E-state index contributed by atoms with van der Waals surface area (Å²) in [6.45, 7) is 2.08. The van der Waals surface area contributed by atoms with Crippen LogP contribution in [-0.2, 0) is 10.3 Å². The molecule has 0 bridgehead atoms. The molecule has 1 aliphatic carbocycles. The molecule has 96 valence electrons. The highest BCUT2D eigenvalue weighted by atomic mass is 32.1. The molecule has 1 fully saturated rings. The van der Waals surface area contributed by atoms with E-state index in [-0.39, 0.29) is 11.4 Å². The zero-order chi connectivity index (χ0) is 12.9. The standard InChI is InChI=1S/C13H17N3OS/c1-8-3-6-10(18-8)13(9-4-5-9)7-11(17)16(2)12(14)15-13/h3,6,9H,4-5,7H2,1-2H3,(H2,14,15). The molecule has 18 heavy (non-hydrogen) atoms. The van der Waals surface area contributed by atoms with Crippen molar-refractivity contribution < 1.29 is 4.79 Å². The molecular weight excluding hydrogens is 246 g/mol. The lowest BCUT2D eigenvalue weighted by Gasteiger charge is -2.35. The van der Waals surface area contributed by atoms with E-state index in [9.17, 15) is 4.79 Å². The number of hydrogen-bond donors (Lipinski definition) is 1. The first-order valence-corrected chi connectivity index (χ1v) is 7.03. The zero-order valence-corrected chi connectivity index (χ0v) is 11.5. The van der Waals surface area contributed by atoms with Crippen LogP contribution in [-0.4, -0.2) is 23.8 Å². The van der Waals surface area contributed by atoms with Crippen molar-refractivity contribution in [3.8, 4) is 0 Å². The molecule has 1 aromatic rings. The minimum absolute atomic E-state index is 0.0699. The Bertz CT molecular complexity index is 532. The number of aliphatic imine (C=N–C) groups is 1. The van der Waals surface area contributed by atoms with Gasteiger partial charge in [0.15, 0.2) is 5.96 Å². The fraction of sp³-hybridized carbons (Fsp3) is 0.538. The first kappa shape index (κ1) is 11.7.